The summed E-state index contributed by atoms with van der Waals surface area (Å²) in [7, 11) is 0. The Morgan fingerprint density at radius 3 is 2.78 bits per heavy atom. The van der Waals surface area contributed by atoms with E-state index in [0.717, 1.165) is 16.6 Å². The third-order valence-corrected chi connectivity index (χ3v) is 4.41. The van der Waals surface area contributed by atoms with Gasteiger partial charge in [-0.2, -0.15) is 0 Å². The molecule has 1 unspecified atom stereocenters. The number of rotatable bonds is 3. The van der Waals surface area contributed by atoms with Crippen LogP contribution in [0, 0.1) is 11.8 Å². The first-order valence-corrected chi connectivity index (χ1v) is 7.36. The number of carbonyl (C=O) groups excluding carboxylic acids is 1. The van der Waals surface area contributed by atoms with Crippen LogP contribution in [0.1, 0.15) is 25.8 Å². The number of hydrogen-bond acceptors (Lipinski definition) is 1. The molecule has 2 nitrogen and oxygen atoms in total. The van der Waals surface area contributed by atoms with E-state index in [9.17, 15) is 4.79 Å². The number of likely N-dealkylation sites (tertiary alicyclic amines) is 1. The maximum Gasteiger partial charge on any atom is 0.223 e. The summed E-state index contributed by atoms with van der Waals surface area (Å²) in [6, 6.07) is 5.81. The molecule has 4 heteroatoms. The molecule has 1 aliphatic rings. The Balaban J connectivity index is 2.08. The predicted octanol–water partition coefficient (Wildman–Crippen LogP) is 4.11. The second-order valence-corrected chi connectivity index (χ2v) is 6.54. The van der Waals surface area contributed by atoms with Crippen molar-refractivity contribution < 1.29 is 4.79 Å². The first-order chi connectivity index (χ1) is 8.47. The molecule has 0 bridgehead atoms. The summed E-state index contributed by atoms with van der Waals surface area (Å²) in [6.45, 7) is 5.82. The highest BCUT2D eigenvalue weighted by Crippen LogP contribution is 2.28. The Bertz CT molecular complexity index is 461. The van der Waals surface area contributed by atoms with Crippen molar-refractivity contribution in [1.82, 2.24) is 4.90 Å². The van der Waals surface area contributed by atoms with E-state index < -0.39 is 0 Å². The van der Waals surface area contributed by atoms with Crippen molar-refractivity contribution in [3.05, 3.63) is 33.3 Å². The molecule has 1 aromatic carbocycles. The molecule has 98 valence electrons. The van der Waals surface area contributed by atoms with E-state index in [4.69, 9.17) is 11.6 Å². The molecular formula is C14H17BrClNO. The van der Waals surface area contributed by atoms with Crippen LogP contribution in [0.3, 0.4) is 0 Å². The Morgan fingerprint density at radius 2 is 2.22 bits per heavy atom. The maximum atomic E-state index is 11.9. The summed E-state index contributed by atoms with van der Waals surface area (Å²) < 4.78 is 0.962. The molecule has 0 aromatic heterocycles. The van der Waals surface area contributed by atoms with Gasteiger partial charge in [0.05, 0.1) is 0 Å². The molecule has 1 heterocycles. The van der Waals surface area contributed by atoms with Gasteiger partial charge >= 0.3 is 0 Å². The van der Waals surface area contributed by atoms with Crippen LogP contribution in [0.5, 0.6) is 0 Å². The van der Waals surface area contributed by atoms with Gasteiger partial charge in [0.1, 0.15) is 0 Å². The Morgan fingerprint density at radius 1 is 1.50 bits per heavy atom. The van der Waals surface area contributed by atoms with Gasteiger partial charge in [-0.3, -0.25) is 4.79 Å². The van der Waals surface area contributed by atoms with Gasteiger partial charge in [-0.05, 0) is 29.5 Å². The number of amides is 1. The number of carbonyl (C=O) groups is 1. The zero-order chi connectivity index (χ0) is 13.3. The Kier molecular flexibility index (Phi) is 4.33. The molecule has 0 spiro atoms. The van der Waals surface area contributed by atoms with Crippen molar-refractivity contribution >= 4 is 33.4 Å². The highest BCUT2D eigenvalue weighted by molar-refractivity contribution is 9.10. The fourth-order valence-corrected chi connectivity index (χ4v) is 2.99. The van der Waals surface area contributed by atoms with E-state index >= 15 is 0 Å². The fourth-order valence-electron chi connectivity index (χ4n) is 2.26. The smallest absolute Gasteiger partial charge is 0.223 e. The van der Waals surface area contributed by atoms with Crippen molar-refractivity contribution in [1.29, 1.82) is 0 Å². The lowest BCUT2D eigenvalue weighted by Gasteiger charge is -2.19. The third kappa shape index (κ3) is 3.07. The van der Waals surface area contributed by atoms with Crippen LogP contribution in [0.15, 0.2) is 22.7 Å². The van der Waals surface area contributed by atoms with Crippen LogP contribution in [0.25, 0.3) is 0 Å². The van der Waals surface area contributed by atoms with Gasteiger partial charge in [0.15, 0.2) is 0 Å². The average Bonchev–Trinajstić information content (AvgIpc) is 2.64. The van der Waals surface area contributed by atoms with Crippen molar-refractivity contribution in [2.24, 2.45) is 11.8 Å². The second kappa shape index (κ2) is 5.62. The van der Waals surface area contributed by atoms with Crippen LogP contribution in [-0.2, 0) is 11.3 Å². The normalized spacial score (nSPS) is 19.9. The molecule has 0 N–H and O–H groups in total. The lowest BCUT2D eigenvalue weighted by Crippen LogP contribution is -2.25. The third-order valence-electron chi connectivity index (χ3n) is 3.56. The number of halogens is 2. The summed E-state index contributed by atoms with van der Waals surface area (Å²) in [4.78, 5) is 13.9. The number of hydrogen-bond donors (Lipinski definition) is 0. The molecule has 0 aliphatic carbocycles. The second-order valence-electron chi connectivity index (χ2n) is 5.22. The zero-order valence-corrected chi connectivity index (χ0v) is 13.0. The predicted molar refractivity (Wildman–Crippen MR) is 77.5 cm³/mol. The monoisotopic (exact) mass is 329 g/mol. The van der Waals surface area contributed by atoms with Crippen molar-refractivity contribution in [2.75, 3.05) is 6.54 Å². The molecule has 1 atom stereocenters. The van der Waals surface area contributed by atoms with Gasteiger partial charge in [-0.15, -0.1) is 0 Å². The number of benzene rings is 1. The topological polar surface area (TPSA) is 20.3 Å². The largest absolute Gasteiger partial charge is 0.338 e. The SMILES string of the molecule is CC(C)C1CC(=O)N(Cc2ccc(Br)cc2Cl)C1. The van der Waals surface area contributed by atoms with E-state index in [0.29, 0.717) is 29.8 Å². The van der Waals surface area contributed by atoms with E-state index in [1.54, 1.807) is 0 Å². The zero-order valence-electron chi connectivity index (χ0n) is 10.6. The molecule has 1 aliphatic heterocycles. The Labute approximate surface area is 121 Å². The quantitative estimate of drug-likeness (QED) is 0.817. The molecule has 0 saturated carbocycles. The summed E-state index contributed by atoms with van der Waals surface area (Å²) in [6.07, 6.45) is 0.672. The standard InChI is InChI=1S/C14H17BrClNO/c1-9(2)11-5-14(18)17(8-11)7-10-3-4-12(15)6-13(10)16/h3-4,6,9,11H,5,7-8H2,1-2H3. The summed E-state index contributed by atoms with van der Waals surface area (Å²) >= 11 is 9.57. The van der Waals surface area contributed by atoms with E-state index in [1.807, 2.05) is 23.1 Å². The van der Waals surface area contributed by atoms with Gasteiger partial charge in [-0.1, -0.05) is 47.4 Å². The van der Waals surface area contributed by atoms with Gasteiger partial charge in [0.25, 0.3) is 0 Å². The highest BCUT2D eigenvalue weighted by atomic mass is 79.9. The van der Waals surface area contributed by atoms with Crippen LogP contribution in [0.4, 0.5) is 0 Å². The van der Waals surface area contributed by atoms with Crippen LogP contribution in [0.2, 0.25) is 5.02 Å². The molecule has 1 saturated heterocycles. The van der Waals surface area contributed by atoms with Crippen LogP contribution >= 0.6 is 27.5 Å². The average molecular weight is 331 g/mol. The van der Waals surface area contributed by atoms with Gasteiger partial charge < -0.3 is 4.90 Å². The minimum atomic E-state index is 0.243. The summed E-state index contributed by atoms with van der Waals surface area (Å²) in [5.74, 6) is 1.28. The molecule has 1 fully saturated rings. The molecule has 1 amide bonds. The molecule has 2 rings (SSSR count). The molecule has 18 heavy (non-hydrogen) atoms. The van der Waals surface area contributed by atoms with Gasteiger partial charge in [-0.25, -0.2) is 0 Å². The van der Waals surface area contributed by atoms with Crippen molar-refractivity contribution in [3.63, 3.8) is 0 Å². The molecular weight excluding hydrogens is 314 g/mol. The molecule has 0 radical (unpaired) electrons. The van der Waals surface area contributed by atoms with Crippen molar-refractivity contribution in [2.45, 2.75) is 26.8 Å². The summed E-state index contributed by atoms with van der Waals surface area (Å²) in [5, 5.41) is 0.713. The minimum absolute atomic E-state index is 0.243. The van der Waals surface area contributed by atoms with E-state index in [1.165, 1.54) is 0 Å². The van der Waals surface area contributed by atoms with Gasteiger partial charge in [0, 0.05) is 29.0 Å². The first-order valence-electron chi connectivity index (χ1n) is 6.19. The number of nitrogens with zero attached hydrogens (tertiary/aromatic N) is 1. The van der Waals surface area contributed by atoms with Gasteiger partial charge in [0.2, 0.25) is 5.91 Å². The lowest BCUT2D eigenvalue weighted by molar-refractivity contribution is -0.128. The lowest BCUT2D eigenvalue weighted by atomic mass is 9.95. The highest BCUT2D eigenvalue weighted by Gasteiger charge is 2.31. The van der Waals surface area contributed by atoms with E-state index in [-0.39, 0.29) is 5.91 Å². The first kappa shape index (κ1) is 13.9. The minimum Gasteiger partial charge on any atom is -0.338 e. The van der Waals surface area contributed by atoms with E-state index in [2.05, 4.69) is 29.8 Å². The van der Waals surface area contributed by atoms with Crippen LogP contribution in [-0.4, -0.2) is 17.4 Å². The summed E-state index contributed by atoms with van der Waals surface area (Å²) in [5.41, 5.74) is 1.01. The van der Waals surface area contributed by atoms with Crippen molar-refractivity contribution in [3.8, 4) is 0 Å². The van der Waals surface area contributed by atoms with Crippen LogP contribution < -0.4 is 0 Å². The molecule has 1 aromatic rings. The fraction of sp³-hybridized carbons (Fsp3) is 0.500. The Hall–Kier alpha value is -0.540. The maximum absolute atomic E-state index is 11.9.